The number of aromatic nitrogens is 18. The van der Waals surface area contributed by atoms with Crippen LogP contribution in [0.5, 0.6) is 0 Å². The first-order chi connectivity index (χ1) is 70.5. The number of ether oxygens (including phenoxy) is 1. The number of nitrogens with one attached hydrogen (secondary N) is 4. The van der Waals surface area contributed by atoms with Gasteiger partial charge in [0.25, 0.3) is 0 Å². The Labute approximate surface area is 852 Å². The second kappa shape index (κ2) is 54.2. The topological polar surface area (TPSA) is 454 Å². The number of ketones is 1. The number of anilines is 6. The molecule has 12 aromatic rings. The summed E-state index contributed by atoms with van der Waals surface area (Å²) in [5.41, 5.74) is 21.6. The van der Waals surface area contributed by atoms with Crippen LogP contribution in [-0.4, -0.2) is 147 Å². The third-order valence-corrected chi connectivity index (χ3v) is 25.7. The number of nitrogens with zero attached hydrogens (tertiary/aromatic N) is 18. The molecule has 149 heavy (non-hydrogen) atoms. The molecule has 10 atom stereocenters. The van der Waals surface area contributed by atoms with Gasteiger partial charge in [-0.3, -0.25) is 63.5 Å². The van der Waals surface area contributed by atoms with Crippen LogP contribution in [0.3, 0.4) is 0 Å². The van der Waals surface area contributed by atoms with Crippen molar-refractivity contribution in [1.29, 1.82) is 0 Å². The number of nitrogen functional groups attached to an aromatic ring is 2. The van der Waals surface area contributed by atoms with Gasteiger partial charge in [-0.1, -0.05) is 95.1 Å². The number of hydrogen-bond donors (Lipinski definition) is 8. The van der Waals surface area contributed by atoms with Gasteiger partial charge in [-0.2, -0.15) is 83.3 Å². The van der Waals surface area contributed by atoms with E-state index in [1.54, 1.807) is 113 Å². The van der Waals surface area contributed by atoms with Crippen molar-refractivity contribution in [3.05, 3.63) is 187 Å². The molecule has 46 heteroatoms. The fraction of sp³-hybridized carbons (Fsp3) is 0.447. The van der Waals surface area contributed by atoms with Crippen molar-refractivity contribution in [2.24, 2.45) is 35.5 Å². The van der Waals surface area contributed by atoms with Gasteiger partial charge in [-0.25, -0.2) is 28.1 Å². The quantitative estimate of drug-likeness (QED) is 0.0245. The zero-order valence-electron chi connectivity index (χ0n) is 83.3. The summed E-state index contributed by atoms with van der Waals surface area (Å²) in [6.07, 6.45) is 29.3. The maximum atomic E-state index is 13.3. The van der Waals surface area contributed by atoms with E-state index in [9.17, 15) is 91.4 Å². The molecule has 16 heterocycles. The molecule has 0 saturated carbocycles. The van der Waals surface area contributed by atoms with E-state index in [1.807, 2.05) is 47.6 Å². The average Bonchev–Trinajstić information content (AvgIpc) is 1.55. The smallest absolute Gasteiger partial charge is 0.333 e. The number of carboxylic acids is 1. The van der Waals surface area contributed by atoms with Gasteiger partial charge in [0, 0.05) is 118 Å². The molecule has 800 valence electrons. The maximum Gasteiger partial charge on any atom is 0.333 e. The number of Topliss-reactive ketones (excluding diaryl/α,β-unsaturated/α-hetero) is 1. The molecule has 0 radical (unpaired) electrons. The number of hydrogen-bond acceptors (Lipinski definition) is 23. The Bertz CT molecular complexity index is 6440. The largest absolute Gasteiger partial charge is 0.481 e. The number of allylic oxidation sites excluding steroid dienone is 2. The molecule has 8 bridgehead atoms. The summed E-state index contributed by atoms with van der Waals surface area (Å²) < 4.78 is 167. The number of carbonyl (C=O) groups excluding carboxylic acids is 6. The second-order valence-electron chi connectivity index (χ2n) is 36.8. The lowest BCUT2D eigenvalue weighted by Gasteiger charge is -2.18. The molecule has 16 rings (SSSR count). The molecule has 4 aliphatic rings. The first-order valence-electron chi connectivity index (χ1n) is 48.5. The van der Waals surface area contributed by atoms with Crippen LogP contribution in [0.4, 0.5) is 86.8 Å². The van der Waals surface area contributed by atoms with Crippen molar-refractivity contribution in [3.8, 4) is 67.5 Å². The van der Waals surface area contributed by atoms with Crippen LogP contribution in [0.2, 0.25) is 0 Å². The number of carbonyl (C=O) groups is 7. The number of nitrogens with two attached hydrogens (primary N) is 2. The van der Waals surface area contributed by atoms with E-state index in [0.717, 1.165) is 86.1 Å². The van der Waals surface area contributed by atoms with Crippen molar-refractivity contribution in [2.75, 3.05) is 39.3 Å². The summed E-state index contributed by atoms with van der Waals surface area (Å²) in [5.74, 6) is -3.27. The van der Waals surface area contributed by atoms with Gasteiger partial charge < -0.3 is 47.7 Å². The van der Waals surface area contributed by atoms with Gasteiger partial charge in [-0.15, -0.1) is 0 Å². The third-order valence-electron chi connectivity index (χ3n) is 25.7. The zero-order chi connectivity index (χ0) is 108. The summed E-state index contributed by atoms with van der Waals surface area (Å²) in [5, 5.41) is 52.1. The highest BCUT2D eigenvalue weighted by Gasteiger charge is 2.33. The summed E-state index contributed by atoms with van der Waals surface area (Å²) in [4.78, 5) is 109. The number of aliphatic hydroxyl groups is 1. The second-order valence-corrected chi connectivity index (χ2v) is 36.8. The number of carboxylic acid groups (broad SMARTS) is 1. The van der Waals surface area contributed by atoms with E-state index in [0.29, 0.717) is 124 Å². The Morgan fingerprint density at radius 2 is 0.732 bits per heavy atom. The number of aliphatic carboxylic acids is 1. The van der Waals surface area contributed by atoms with Crippen LogP contribution >= 0.6 is 0 Å². The number of pyridine rings is 6. The van der Waals surface area contributed by atoms with Crippen molar-refractivity contribution in [1.82, 2.24) is 88.6 Å². The molecule has 0 aliphatic carbocycles. The number of amides is 4. The van der Waals surface area contributed by atoms with Gasteiger partial charge in [-0.05, 0) is 193 Å². The van der Waals surface area contributed by atoms with Gasteiger partial charge >= 0.3 is 51.2 Å². The van der Waals surface area contributed by atoms with Gasteiger partial charge in [0.15, 0.2) is 5.78 Å². The lowest BCUT2D eigenvalue weighted by atomic mass is 9.94. The van der Waals surface area contributed by atoms with E-state index in [-0.39, 0.29) is 171 Å². The fourth-order valence-corrected chi connectivity index (χ4v) is 16.9. The molecule has 0 saturated heterocycles. The first-order valence-corrected chi connectivity index (χ1v) is 48.5. The lowest BCUT2D eigenvalue weighted by molar-refractivity contribution is -0.147. The third kappa shape index (κ3) is 30.5. The number of alkyl halides is 12. The Morgan fingerprint density at radius 1 is 0.409 bits per heavy atom. The van der Waals surface area contributed by atoms with E-state index in [2.05, 4.69) is 88.7 Å². The lowest BCUT2D eigenvalue weighted by Crippen LogP contribution is -2.21. The summed E-state index contributed by atoms with van der Waals surface area (Å²) in [6, 6.07) is 19.7. The molecule has 4 aliphatic heterocycles. The Hall–Kier alpha value is -14.9. The Morgan fingerprint density at radius 3 is 1.13 bits per heavy atom. The first kappa shape index (κ1) is 116. The molecular formula is C103H124F12N24O10. The van der Waals surface area contributed by atoms with Crippen LogP contribution < -0.4 is 32.7 Å². The predicted molar refractivity (Wildman–Crippen MR) is 536 cm³/mol. The van der Waals surface area contributed by atoms with Crippen molar-refractivity contribution >= 4 is 81.0 Å². The van der Waals surface area contributed by atoms with Gasteiger partial charge in [0.1, 0.15) is 5.69 Å². The number of aliphatic hydroxyl groups excluding tert-OH is 1. The maximum absolute atomic E-state index is 13.3. The van der Waals surface area contributed by atoms with Gasteiger partial charge in [0.2, 0.25) is 23.6 Å². The van der Waals surface area contributed by atoms with E-state index in [1.165, 1.54) is 61.7 Å². The van der Waals surface area contributed by atoms with E-state index >= 15 is 0 Å². The fourth-order valence-electron chi connectivity index (χ4n) is 16.9. The number of halogens is 12. The van der Waals surface area contributed by atoms with Crippen molar-refractivity contribution < 1.29 is 101 Å². The van der Waals surface area contributed by atoms with Crippen LogP contribution in [0.15, 0.2) is 153 Å². The molecule has 10 unspecified atom stereocenters. The van der Waals surface area contributed by atoms with Crippen molar-refractivity contribution in [3.63, 3.8) is 0 Å². The molecule has 0 fully saturated rings. The van der Waals surface area contributed by atoms with E-state index in [4.69, 9.17) is 21.3 Å². The van der Waals surface area contributed by atoms with Gasteiger partial charge in [0.05, 0.1) is 141 Å². The Kier molecular flexibility index (Phi) is 42.2. The SMILES string of the molecule is C.C/C1=C/CCC(C)C(=O)Nc2cnn(C(F)F)c2-c2ccnc1c2.CC(CCCC(C)c1cc(-c2c(N)cnn2C(F)F)ccn1)C(=O)O.CC1CCCC(=O)c2cc(ccn2)-c2c(cnn2C(F)F)NC1=O.CC1CCCC(C)c2cc(ccn2)-c2c(cnn2C(F)F)NC1=O.CC1CCCC(O)c2cc(ccn2)-c2c(cnn2C(F)F)NC1=O.CCOC(=O)C(C)CCCC(C)c1cc(-c2c(N)cnn2C(F)F)ccn1. The van der Waals surface area contributed by atoms with Crippen molar-refractivity contribution in [2.45, 2.75) is 256 Å². The van der Waals surface area contributed by atoms with Crippen LogP contribution in [0.25, 0.3) is 73.1 Å². The monoisotopic (exact) mass is 2080 g/mol. The normalized spacial score (nSPS) is 18.0. The predicted octanol–water partition coefficient (Wildman–Crippen LogP) is 23.7. The van der Waals surface area contributed by atoms with E-state index < -0.39 is 51.4 Å². The average molecular weight is 2090 g/mol. The highest BCUT2D eigenvalue weighted by atomic mass is 19.3. The summed E-state index contributed by atoms with van der Waals surface area (Å²) >= 11 is 0. The summed E-state index contributed by atoms with van der Waals surface area (Å²) in [6.45, 7) is 4.01. The molecule has 4 amide bonds. The highest BCUT2D eigenvalue weighted by molar-refractivity contribution is 6.00. The molecule has 0 spiro atoms. The molecule has 10 N–H and O–H groups in total. The Balaban J connectivity index is 0.000000183. The molecule has 34 nitrogen and oxygen atoms in total. The minimum atomic E-state index is -2.87. The van der Waals surface area contributed by atoms with Crippen LogP contribution in [0, 0.1) is 35.5 Å². The molecule has 0 aromatic carbocycles. The van der Waals surface area contributed by atoms with Crippen LogP contribution in [-0.2, 0) is 33.5 Å². The summed E-state index contributed by atoms with van der Waals surface area (Å²) in [7, 11) is 0. The number of rotatable bonds is 21. The minimum absolute atomic E-state index is 0. The number of fused-ring (bicyclic) bond motifs is 16. The van der Waals surface area contributed by atoms with Crippen LogP contribution in [0.1, 0.15) is 295 Å². The number of esters is 1. The molecular weight excluding hydrogens is 1960 g/mol. The zero-order valence-corrected chi connectivity index (χ0v) is 83.3. The highest BCUT2D eigenvalue weighted by Crippen LogP contribution is 2.42. The standard InChI is InChI=1S/C19H26F2N4O2.C17H22F2N4O2.C17H20F2N4O.C17H18F2N4O.C16H18F2N4O2.C16H16F2N4O2.CH4/c1-4-27-18(26)13(3)7-5-6-12(2)16-10-14(8-9-23-16)17-15(22)11-24-25(17)19(20)21;1-10(4-3-5-11(2)16(24)25)14-8-12(6-7-21-14)15-13(20)9-22-23(15)17(18)19;2*1-10-4-3-5-11(2)16(24)22-14-9-21-23(17(18)19)15(14)12-6-7-20-13(10)8-12;2*1-9-3-2-4-13(23)11-7-10(5-6-19-11)14-12(21-15(9)24)8-20-22(14)16(17)18;/h8-13,19H,4-7,22H2,1-3H3;6-11,17H,3-5,20H2,1-2H3,(H,24,25);6-11,17H,3-5H2,1-2H3,(H,22,24);4,6-9,11,17H,3,5H2,1-2H3,(H,22,24);5-9,13,16,23H,2-4H2,1H3,(H,21,24);5-9,16H,2-4H2,1H3,(H,21,24);1H4/b;;;10-4-;;;. The minimum Gasteiger partial charge on any atom is -0.481 e. The molecule has 12 aromatic heterocycles.